The molecule has 0 saturated heterocycles. The number of aliphatic hydroxyl groups excluding tert-OH is 1. The number of aliphatic hydroxyl groups is 1. The van der Waals surface area contributed by atoms with Crippen LogP contribution in [0, 0.1) is 11.3 Å². The Labute approximate surface area is 153 Å². The van der Waals surface area contributed by atoms with E-state index in [-0.39, 0.29) is 23.5 Å². The number of rotatable bonds is 2. The third-order valence-electron chi connectivity index (χ3n) is 6.53. The van der Waals surface area contributed by atoms with Crippen molar-refractivity contribution in [3.63, 3.8) is 0 Å². The molecule has 0 bridgehead atoms. The van der Waals surface area contributed by atoms with E-state index in [0.717, 1.165) is 43.8 Å². The van der Waals surface area contributed by atoms with Gasteiger partial charge in [-0.25, -0.2) is 9.97 Å². The summed E-state index contributed by atoms with van der Waals surface area (Å²) >= 11 is 0. The van der Waals surface area contributed by atoms with Crippen LogP contribution in [0.2, 0.25) is 0 Å². The number of ether oxygens (including phenoxy) is 1. The molecule has 1 aromatic rings. The Kier molecular flexibility index (Phi) is 3.79. The third-order valence-corrected chi connectivity index (χ3v) is 6.53. The van der Waals surface area contributed by atoms with Crippen LogP contribution >= 0.6 is 0 Å². The SMILES string of the molecule is CON1C=CC23CC(c4ncccn4)CC[C@@H]2OC2=C3[C@H](C[C@@H](O)C2)C1. The van der Waals surface area contributed by atoms with E-state index in [1.165, 1.54) is 5.57 Å². The van der Waals surface area contributed by atoms with Gasteiger partial charge >= 0.3 is 0 Å². The van der Waals surface area contributed by atoms with E-state index in [2.05, 4.69) is 22.2 Å². The molecule has 2 unspecified atom stereocenters. The Hall–Kier alpha value is -1.92. The highest BCUT2D eigenvalue weighted by atomic mass is 16.7. The van der Waals surface area contributed by atoms with Crippen molar-refractivity contribution in [2.45, 2.75) is 50.2 Å². The fourth-order valence-electron chi connectivity index (χ4n) is 5.51. The van der Waals surface area contributed by atoms with E-state index in [0.29, 0.717) is 12.3 Å². The lowest BCUT2D eigenvalue weighted by atomic mass is 9.60. The van der Waals surface area contributed by atoms with Crippen LogP contribution in [0.5, 0.6) is 0 Å². The van der Waals surface area contributed by atoms with Gasteiger partial charge in [0.15, 0.2) is 0 Å². The molecule has 5 atom stereocenters. The number of hydroxylamine groups is 2. The summed E-state index contributed by atoms with van der Waals surface area (Å²) in [5, 5.41) is 12.3. The van der Waals surface area contributed by atoms with Gasteiger partial charge in [-0.2, -0.15) is 0 Å². The molecule has 1 saturated carbocycles. The minimum Gasteiger partial charge on any atom is -0.493 e. The number of hydrogen-bond donors (Lipinski definition) is 1. The molecule has 2 aliphatic heterocycles. The summed E-state index contributed by atoms with van der Waals surface area (Å²) in [6.45, 7) is 0.757. The van der Waals surface area contributed by atoms with Gasteiger partial charge in [0, 0.05) is 36.9 Å². The first-order chi connectivity index (χ1) is 12.7. The van der Waals surface area contributed by atoms with Gasteiger partial charge in [-0.15, -0.1) is 0 Å². The molecule has 0 radical (unpaired) electrons. The van der Waals surface area contributed by atoms with Gasteiger partial charge in [-0.1, -0.05) is 6.08 Å². The van der Waals surface area contributed by atoms with Gasteiger partial charge in [0.1, 0.15) is 11.9 Å². The summed E-state index contributed by atoms with van der Waals surface area (Å²) in [5.41, 5.74) is 1.26. The average molecular weight is 355 g/mol. The monoisotopic (exact) mass is 355 g/mol. The van der Waals surface area contributed by atoms with Gasteiger partial charge < -0.3 is 9.84 Å². The van der Waals surface area contributed by atoms with Crippen molar-refractivity contribution in [3.8, 4) is 0 Å². The summed E-state index contributed by atoms with van der Waals surface area (Å²) in [5.74, 6) is 2.54. The van der Waals surface area contributed by atoms with Crippen LogP contribution in [0.3, 0.4) is 0 Å². The van der Waals surface area contributed by atoms with Crippen LogP contribution in [-0.2, 0) is 9.57 Å². The second kappa shape index (κ2) is 6.06. The Bertz CT molecular complexity index is 750. The lowest BCUT2D eigenvalue weighted by Crippen LogP contribution is -2.40. The predicted molar refractivity (Wildman–Crippen MR) is 94.5 cm³/mol. The first-order valence-electron chi connectivity index (χ1n) is 9.55. The minimum atomic E-state index is -0.332. The van der Waals surface area contributed by atoms with E-state index in [1.54, 1.807) is 7.11 Å². The van der Waals surface area contributed by atoms with Gasteiger partial charge in [0.05, 0.1) is 30.9 Å². The fourth-order valence-corrected chi connectivity index (χ4v) is 5.51. The highest BCUT2D eigenvalue weighted by molar-refractivity contribution is 5.39. The fraction of sp³-hybridized carbons (Fsp3) is 0.600. The van der Waals surface area contributed by atoms with Crippen molar-refractivity contribution in [2.75, 3.05) is 13.7 Å². The molecule has 1 aromatic heterocycles. The highest BCUT2D eigenvalue weighted by Crippen LogP contribution is 2.60. The molecule has 4 aliphatic rings. The van der Waals surface area contributed by atoms with Crippen molar-refractivity contribution in [2.24, 2.45) is 11.3 Å². The number of hydrogen-bond acceptors (Lipinski definition) is 6. The van der Waals surface area contributed by atoms with Crippen LogP contribution in [0.1, 0.15) is 43.8 Å². The van der Waals surface area contributed by atoms with E-state index in [9.17, 15) is 5.11 Å². The van der Waals surface area contributed by atoms with Crippen LogP contribution < -0.4 is 0 Å². The maximum Gasteiger partial charge on any atom is 0.131 e. The molecule has 1 N–H and O–H groups in total. The summed E-state index contributed by atoms with van der Waals surface area (Å²) in [4.78, 5) is 14.6. The second-order valence-corrected chi connectivity index (χ2v) is 7.96. The zero-order valence-electron chi connectivity index (χ0n) is 15.0. The van der Waals surface area contributed by atoms with E-state index in [4.69, 9.17) is 9.57 Å². The van der Waals surface area contributed by atoms with Crippen molar-refractivity contribution in [1.82, 2.24) is 15.0 Å². The second-order valence-electron chi connectivity index (χ2n) is 7.96. The van der Waals surface area contributed by atoms with Crippen molar-refractivity contribution in [1.29, 1.82) is 0 Å². The molecular formula is C20H25N3O3. The summed E-state index contributed by atoms with van der Waals surface area (Å²) in [6, 6.07) is 1.87. The molecule has 5 rings (SSSR count). The Morgan fingerprint density at radius 3 is 2.92 bits per heavy atom. The normalized spacial score (nSPS) is 38.5. The third kappa shape index (κ3) is 2.39. The van der Waals surface area contributed by atoms with Gasteiger partial charge in [-0.3, -0.25) is 9.90 Å². The van der Waals surface area contributed by atoms with Crippen LogP contribution in [0.25, 0.3) is 0 Å². The molecule has 6 heteroatoms. The molecular weight excluding hydrogens is 330 g/mol. The molecule has 6 nitrogen and oxygen atoms in total. The van der Waals surface area contributed by atoms with Crippen LogP contribution in [0.15, 0.2) is 42.1 Å². The minimum absolute atomic E-state index is 0.129. The van der Waals surface area contributed by atoms with Gasteiger partial charge in [0.2, 0.25) is 0 Å². The maximum absolute atomic E-state index is 10.4. The molecule has 26 heavy (non-hydrogen) atoms. The van der Waals surface area contributed by atoms with Crippen molar-refractivity contribution >= 4 is 0 Å². The Morgan fingerprint density at radius 1 is 1.27 bits per heavy atom. The van der Waals surface area contributed by atoms with E-state index in [1.807, 2.05) is 23.5 Å². The quantitative estimate of drug-likeness (QED) is 0.879. The molecule has 3 heterocycles. The molecule has 0 amide bonds. The van der Waals surface area contributed by atoms with Crippen LogP contribution in [0.4, 0.5) is 0 Å². The van der Waals surface area contributed by atoms with Gasteiger partial charge in [0.25, 0.3) is 0 Å². The zero-order valence-corrected chi connectivity index (χ0v) is 15.0. The van der Waals surface area contributed by atoms with Crippen molar-refractivity contribution < 1.29 is 14.7 Å². The predicted octanol–water partition coefficient (Wildman–Crippen LogP) is 2.55. The molecule has 2 aliphatic carbocycles. The Morgan fingerprint density at radius 2 is 2.12 bits per heavy atom. The summed E-state index contributed by atoms with van der Waals surface area (Å²) < 4.78 is 6.42. The smallest absolute Gasteiger partial charge is 0.131 e. The zero-order chi connectivity index (χ0) is 17.7. The largest absolute Gasteiger partial charge is 0.493 e. The summed E-state index contributed by atoms with van der Waals surface area (Å²) in [7, 11) is 1.70. The molecule has 1 spiro atoms. The number of nitrogens with zero attached hydrogens (tertiary/aromatic N) is 3. The van der Waals surface area contributed by atoms with E-state index < -0.39 is 0 Å². The highest BCUT2D eigenvalue weighted by Gasteiger charge is 2.57. The Balaban J connectivity index is 1.58. The summed E-state index contributed by atoms with van der Waals surface area (Å²) in [6.07, 6.45) is 12.2. The lowest BCUT2D eigenvalue weighted by molar-refractivity contribution is -0.0967. The first kappa shape index (κ1) is 16.3. The standard InChI is InChI=1S/C20H25N3O3/c1-25-23-8-5-20-11-13(19-21-6-2-7-22-19)3-4-17(20)26-16-10-15(24)9-14(12-23)18(16)20/h2,5-8,13-15,17,24H,3-4,9-12H2,1H3/t13?,14-,15-,17+,20?/m1/s1. The topological polar surface area (TPSA) is 67.7 Å². The maximum atomic E-state index is 10.4. The molecule has 138 valence electrons. The van der Waals surface area contributed by atoms with Crippen LogP contribution in [-0.4, -0.2) is 46.0 Å². The number of aromatic nitrogens is 2. The molecule has 0 aromatic carbocycles. The van der Waals surface area contributed by atoms with Crippen molar-refractivity contribution in [3.05, 3.63) is 47.9 Å². The molecule has 1 fully saturated rings. The first-order valence-corrected chi connectivity index (χ1v) is 9.55. The lowest BCUT2D eigenvalue weighted by Gasteiger charge is -2.42. The van der Waals surface area contributed by atoms with E-state index >= 15 is 0 Å². The van der Waals surface area contributed by atoms with Gasteiger partial charge in [-0.05, 0) is 37.3 Å². The average Bonchev–Trinajstić information content (AvgIpc) is 2.89.